The number of carboxylic acids is 1. The van der Waals surface area contributed by atoms with Crippen molar-refractivity contribution in [3.05, 3.63) is 77.5 Å². The van der Waals surface area contributed by atoms with Crippen LogP contribution in [0.15, 0.2) is 60.7 Å². The number of aromatic carboxylic acids is 1. The number of aldehydes is 1. The number of anilines is 1. The van der Waals surface area contributed by atoms with Gasteiger partial charge in [0.05, 0.1) is 17.5 Å². The molecule has 0 aliphatic rings. The summed E-state index contributed by atoms with van der Waals surface area (Å²) in [5.41, 5.74) is 4.88. The van der Waals surface area contributed by atoms with Gasteiger partial charge >= 0.3 is 5.97 Å². The fraction of sp³-hybridized carbons (Fsp3) is 0.185. The van der Waals surface area contributed by atoms with Crippen molar-refractivity contribution in [2.75, 3.05) is 10.5 Å². The number of sulfonamides is 1. The Kier molecular flexibility index (Phi) is 6.96. The van der Waals surface area contributed by atoms with E-state index < -0.39 is 16.0 Å². The number of fused-ring (bicyclic) bond motifs is 2. The fourth-order valence-corrected chi connectivity index (χ4v) is 6.27. The van der Waals surface area contributed by atoms with Crippen molar-refractivity contribution in [2.45, 2.75) is 26.3 Å². The summed E-state index contributed by atoms with van der Waals surface area (Å²) in [6.45, 7) is 2.17. The Hall–Kier alpha value is -4.09. The molecule has 0 aliphatic carbocycles. The molecule has 11 heteroatoms. The second-order valence-electron chi connectivity index (χ2n) is 8.95. The zero-order valence-corrected chi connectivity index (χ0v) is 22.1. The van der Waals surface area contributed by atoms with Crippen LogP contribution in [-0.4, -0.2) is 44.8 Å². The summed E-state index contributed by atoms with van der Waals surface area (Å²) in [5, 5.41) is 10.9. The van der Waals surface area contributed by atoms with E-state index >= 15 is 0 Å². The van der Waals surface area contributed by atoms with E-state index in [0.29, 0.717) is 39.7 Å². The van der Waals surface area contributed by atoms with Crippen LogP contribution in [0.4, 0.5) is 5.69 Å². The minimum absolute atomic E-state index is 0.00308. The molecule has 0 saturated heterocycles. The Balaban J connectivity index is 1.70. The predicted octanol–water partition coefficient (Wildman–Crippen LogP) is 5.41. The van der Waals surface area contributed by atoms with Gasteiger partial charge in [0.25, 0.3) is 0 Å². The van der Waals surface area contributed by atoms with Gasteiger partial charge in [0.2, 0.25) is 10.0 Å². The maximum atomic E-state index is 12.7. The van der Waals surface area contributed by atoms with Crippen LogP contribution in [0, 0.1) is 0 Å². The van der Waals surface area contributed by atoms with Gasteiger partial charge in [-0.1, -0.05) is 43.7 Å². The number of nitrogens with zero attached hydrogens (tertiary/aromatic N) is 3. The SMILES string of the molecule is CCCCS(=O)(=O)Nc1ccc2c(c1)c(-c1ccc(C=O)cc1)c(C(=O)O)n2Cc1ccc2nsnc2c1. The standard InChI is InChI=1S/C27H24N4O5S2/c1-2-3-12-38(35,36)30-20-9-11-24-21(14-20)25(19-7-4-17(16-32)5-8-19)26(27(33)34)31(24)15-18-6-10-22-23(13-18)29-37-28-22/h4-11,13-14,16,30H,2-3,12,15H2,1H3,(H,33,34). The highest BCUT2D eigenvalue weighted by atomic mass is 32.2. The molecule has 194 valence electrons. The van der Waals surface area contributed by atoms with Crippen LogP contribution in [0.25, 0.3) is 33.1 Å². The molecular formula is C27H24N4O5S2. The van der Waals surface area contributed by atoms with E-state index in [4.69, 9.17) is 0 Å². The van der Waals surface area contributed by atoms with Crippen molar-refractivity contribution in [3.63, 3.8) is 0 Å². The highest BCUT2D eigenvalue weighted by Crippen LogP contribution is 2.37. The number of benzene rings is 3. The molecule has 9 nitrogen and oxygen atoms in total. The highest BCUT2D eigenvalue weighted by molar-refractivity contribution is 7.92. The third-order valence-corrected chi connectivity index (χ3v) is 8.23. The average Bonchev–Trinajstić information content (AvgIpc) is 3.49. The zero-order valence-electron chi connectivity index (χ0n) is 20.4. The monoisotopic (exact) mass is 548 g/mol. The number of rotatable bonds is 10. The molecule has 5 rings (SSSR count). The van der Waals surface area contributed by atoms with Gasteiger partial charge in [0.1, 0.15) is 23.0 Å². The van der Waals surface area contributed by atoms with Crippen molar-refractivity contribution >= 4 is 61.6 Å². The van der Waals surface area contributed by atoms with Crippen LogP contribution in [-0.2, 0) is 16.6 Å². The fourth-order valence-electron chi connectivity index (χ4n) is 4.50. The molecule has 0 aliphatic heterocycles. The van der Waals surface area contributed by atoms with Crippen LogP contribution in [0.2, 0.25) is 0 Å². The van der Waals surface area contributed by atoms with E-state index in [2.05, 4.69) is 13.5 Å². The molecule has 5 aromatic rings. The Bertz CT molecular complexity index is 1770. The summed E-state index contributed by atoms with van der Waals surface area (Å²) < 4.78 is 38.0. The molecule has 38 heavy (non-hydrogen) atoms. The lowest BCUT2D eigenvalue weighted by Gasteiger charge is -2.10. The normalized spacial score (nSPS) is 11.7. The molecule has 2 N–H and O–H groups in total. The maximum absolute atomic E-state index is 12.7. The summed E-state index contributed by atoms with van der Waals surface area (Å²) in [6.07, 6.45) is 2.00. The summed E-state index contributed by atoms with van der Waals surface area (Å²) in [7, 11) is -3.56. The summed E-state index contributed by atoms with van der Waals surface area (Å²) in [6, 6.07) is 17.3. The Morgan fingerprint density at radius 3 is 2.53 bits per heavy atom. The van der Waals surface area contributed by atoms with Gasteiger partial charge in [0.15, 0.2) is 0 Å². The van der Waals surface area contributed by atoms with Gasteiger partial charge in [-0.25, -0.2) is 13.2 Å². The Morgan fingerprint density at radius 1 is 1.05 bits per heavy atom. The van der Waals surface area contributed by atoms with Crippen molar-refractivity contribution < 1.29 is 23.1 Å². The first-order valence-corrected chi connectivity index (χ1v) is 14.3. The summed E-state index contributed by atoms with van der Waals surface area (Å²) in [4.78, 5) is 23.9. The van der Waals surface area contributed by atoms with Crippen molar-refractivity contribution in [2.24, 2.45) is 0 Å². The molecule has 0 unspecified atom stereocenters. The predicted molar refractivity (Wildman–Crippen MR) is 149 cm³/mol. The number of carboxylic acid groups (broad SMARTS) is 1. The number of nitrogens with one attached hydrogen (secondary N) is 1. The quantitative estimate of drug-likeness (QED) is 0.223. The molecule has 3 aromatic carbocycles. The molecule has 0 atom stereocenters. The van der Waals surface area contributed by atoms with Crippen LogP contribution in [0.3, 0.4) is 0 Å². The highest BCUT2D eigenvalue weighted by Gasteiger charge is 2.25. The lowest BCUT2D eigenvalue weighted by atomic mass is 10.0. The summed E-state index contributed by atoms with van der Waals surface area (Å²) in [5.74, 6) is -1.13. The maximum Gasteiger partial charge on any atom is 0.353 e. The molecule has 0 saturated carbocycles. The molecule has 0 radical (unpaired) electrons. The number of carbonyl (C=O) groups excluding carboxylic acids is 1. The number of unbranched alkanes of at least 4 members (excludes halogenated alkanes) is 1. The van der Waals surface area contributed by atoms with Gasteiger partial charge in [-0.3, -0.25) is 9.52 Å². The average molecular weight is 549 g/mol. The molecular weight excluding hydrogens is 524 g/mol. The minimum Gasteiger partial charge on any atom is -0.477 e. The number of aromatic nitrogens is 3. The van der Waals surface area contributed by atoms with Gasteiger partial charge < -0.3 is 9.67 Å². The zero-order chi connectivity index (χ0) is 26.9. The smallest absolute Gasteiger partial charge is 0.353 e. The van der Waals surface area contributed by atoms with E-state index in [9.17, 15) is 23.1 Å². The lowest BCUT2D eigenvalue weighted by Crippen LogP contribution is -2.16. The third kappa shape index (κ3) is 5.02. The van der Waals surface area contributed by atoms with E-state index in [1.165, 1.54) is 0 Å². The van der Waals surface area contributed by atoms with Gasteiger partial charge in [0, 0.05) is 34.3 Å². The van der Waals surface area contributed by atoms with Crippen LogP contribution < -0.4 is 4.72 Å². The topological polar surface area (TPSA) is 131 Å². The summed E-state index contributed by atoms with van der Waals surface area (Å²) >= 11 is 1.11. The lowest BCUT2D eigenvalue weighted by molar-refractivity contribution is 0.0687. The van der Waals surface area contributed by atoms with Gasteiger partial charge in [-0.2, -0.15) is 8.75 Å². The Morgan fingerprint density at radius 2 is 1.82 bits per heavy atom. The van der Waals surface area contributed by atoms with Crippen LogP contribution in [0.1, 0.15) is 46.2 Å². The molecule has 0 fully saturated rings. The second kappa shape index (κ2) is 10.3. The largest absolute Gasteiger partial charge is 0.477 e. The van der Waals surface area contributed by atoms with E-state index in [-0.39, 0.29) is 18.0 Å². The molecule has 0 amide bonds. The van der Waals surface area contributed by atoms with E-state index in [1.807, 2.05) is 25.1 Å². The first kappa shape index (κ1) is 25.6. The third-order valence-electron chi connectivity index (χ3n) is 6.30. The van der Waals surface area contributed by atoms with Crippen LogP contribution in [0.5, 0.6) is 0 Å². The number of hydrogen-bond donors (Lipinski definition) is 2. The van der Waals surface area contributed by atoms with Crippen LogP contribution >= 0.6 is 11.7 Å². The van der Waals surface area contributed by atoms with Gasteiger partial charge in [-0.05, 0) is 47.9 Å². The molecule has 0 bridgehead atoms. The van der Waals surface area contributed by atoms with E-state index in [1.54, 1.807) is 47.0 Å². The van der Waals surface area contributed by atoms with Gasteiger partial charge in [-0.15, -0.1) is 0 Å². The molecule has 0 spiro atoms. The first-order valence-electron chi connectivity index (χ1n) is 12.0. The van der Waals surface area contributed by atoms with E-state index in [0.717, 1.165) is 41.0 Å². The molecule has 2 heterocycles. The van der Waals surface area contributed by atoms with Crippen molar-refractivity contribution in [1.29, 1.82) is 0 Å². The number of carbonyl (C=O) groups is 2. The first-order chi connectivity index (χ1) is 18.3. The Labute approximate surface area is 223 Å². The number of hydrogen-bond acceptors (Lipinski definition) is 7. The second-order valence-corrected chi connectivity index (χ2v) is 11.3. The van der Waals surface area contributed by atoms with Crippen molar-refractivity contribution in [3.8, 4) is 11.1 Å². The van der Waals surface area contributed by atoms with Crippen molar-refractivity contribution in [1.82, 2.24) is 13.3 Å². The minimum atomic E-state index is -3.56. The molecule has 2 aromatic heterocycles.